The van der Waals surface area contributed by atoms with Crippen molar-refractivity contribution in [1.29, 1.82) is 0 Å². The maximum atomic E-state index is 13.2. The minimum atomic E-state index is -0.742. The second kappa shape index (κ2) is 11.1. The third kappa shape index (κ3) is 5.49. The van der Waals surface area contributed by atoms with E-state index in [9.17, 15) is 14.4 Å². The minimum Gasteiger partial charge on any atom is -0.493 e. The van der Waals surface area contributed by atoms with E-state index in [-0.39, 0.29) is 23.8 Å². The number of anilines is 1. The molecule has 2 aromatic heterocycles. The maximum absolute atomic E-state index is 13.2. The van der Waals surface area contributed by atoms with E-state index in [0.29, 0.717) is 53.9 Å². The van der Waals surface area contributed by atoms with Crippen molar-refractivity contribution >= 4 is 28.8 Å². The monoisotopic (exact) mass is 453 g/mol. The molecule has 0 radical (unpaired) electrons. The number of hydrogen-bond acceptors (Lipinski definition) is 7. The van der Waals surface area contributed by atoms with Gasteiger partial charge >= 0.3 is 12.1 Å². The zero-order valence-corrected chi connectivity index (χ0v) is 18.9. The number of carbonyl (C=O) groups excluding carboxylic acids is 2. The quantitative estimate of drug-likeness (QED) is 0.385. The molecule has 3 aromatic rings. The van der Waals surface area contributed by atoms with Gasteiger partial charge in [0.25, 0.3) is 5.56 Å². The van der Waals surface area contributed by atoms with Crippen LogP contribution in [0.25, 0.3) is 22.2 Å². The molecule has 0 saturated heterocycles. The minimum absolute atomic E-state index is 0.104. The van der Waals surface area contributed by atoms with Crippen molar-refractivity contribution in [3.05, 3.63) is 52.9 Å². The highest BCUT2D eigenvalue weighted by Crippen LogP contribution is 2.34. The summed E-state index contributed by atoms with van der Waals surface area (Å²) in [5.41, 5.74) is 1.44. The van der Waals surface area contributed by atoms with Crippen LogP contribution in [-0.2, 0) is 20.8 Å². The largest absolute Gasteiger partial charge is 0.493 e. The fourth-order valence-corrected chi connectivity index (χ4v) is 3.42. The standard InChI is InChI=1S/C24H27N3O6/c1-4-19(28)33-14-8-13-32-17-10-6-9-16(15-17)20-18-11-7-12-25-22(18)27(5-2)23(29)21(20)26-24(30)31-3/h6-7,9-12,15H,4-5,8,13-14H2,1-3H3,(H,26,30). The molecule has 0 bridgehead atoms. The summed E-state index contributed by atoms with van der Waals surface area (Å²) in [4.78, 5) is 40.9. The summed E-state index contributed by atoms with van der Waals surface area (Å²) in [5, 5.41) is 3.28. The Bertz CT molecular complexity index is 1200. The summed E-state index contributed by atoms with van der Waals surface area (Å²) in [6.07, 6.45) is 1.76. The van der Waals surface area contributed by atoms with Crippen LogP contribution in [0.3, 0.4) is 0 Å². The van der Waals surface area contributed by atoms with Gasteiger partial charge in [-0.1, -0.05) is 19.1 Å². The van der Waals surface area contributed by atoms with Crippen LogP contribution in [-0.4, -0.2) is 41.9 Å². The average molecular weight is 453 g/mol. The first-order valence-corrected chi connectivity index (χ1v) is 10.8. The Morgan fingerprint density at radius 3 is 2.67 bits per heavy atom. The lowest BCUT2D eigenvalue weighted by Crippen LogP contribution is -2.27. The number of nitrogens with one attached hydrogen (secondary N) is 1. The zero-order valence-electron chi connectivity index (χ0n) is 18.9. The maximum Gasteiger partial charge on any atom is 0.411 e. The topological polar surface area (TPSA) is 109 Å². The molecule has 0 unspecified atom stereocenters. The van der Waals surface area contributed by atoms with E-state index in [2.05, 4.69) is 10.3 Å². The first kappa shape index (κ1) is 23.8. The number of amides is 1. The zero-order chi connectivity index (χ0) is 23.8. The van der Waals surface area contributed by atoms with Crippen LogP contribution in [0.1, 0.15) is 26.7 Å². The number of esters is 1. The highest BCUT2D eigenvalue weighted by Gasteiger charge is 2.20. The molecule has 3 rings (SSSR count). The highest BCUT2D eigenvalue weighted by atomic mass is 16.5. The molecule has 1 aromatic carbocycles. The van der Waals surface area contributed by atoms with Gasteiger partial charge in [-0.15, -0.1) is 0 Å². The smallest absolute Gasteiger partial charge is 0.411 e. The lowest BCUT2D eigenvalue weighted by molar-refractivity contribution is -0.143. The number of rotatable bonds is 9. The molecule has 9 heteroatoms. The molecule has 0 aliphatic carbocycles. The summed E-state index contributed by atoms with van der Waals surface area (Å²) < 4.78 is 17.1. The molecule has 33 heavy (non-hydrogen) atoms. The molecule has 1 amide bonds. The first-order valence-electron chi connectivity index (χ1n) is 10.8. The third-order valence-electron chi connectivity index (χ3n) is 4.98. The Morgan fingerprint density at radius 1 is 1.12 bits per heavy atom. The van der Waals surface area contributed by atoms with Gasteiger partial charge < -0.3 is 14.2 Å². The Labute approximate surface area is 191 Å². The van der Waals surface area contributed by atoms with Crippen LogP contribution in [0.15, 0.2) is 47.4 Å². The van der Waals surface area contributed by atoms with Crippen LogP contribution in [0.5, 0.6) is 5.75 Å². The number of aromatic nitrogens is 2. The molecule has 0 aliphatic heterocycles. The normalized spacial score (nSPS) is 10.6. The second-order valence-corrected chi connectivity index (χ2v) is 7.09. The van der Waals surface area contributed by atoms with E-state index in [1.54, 1.807) is 37.4 Å². The number of ether oxygens (including phenoxy) is 3. The number of pyridine rings is 2. The van der Waals surface area contributed by atoms with Crippen LogP contribution in [0.4, 0.5) is 10.5 Å². The van der Waals surface area contributed by atoms with Gasteiger partial charge in [0.05, 0.1) is 20.3 Å². The van der Waals surface area contributed by atoms with Gasteiger partial charge in [-0.25, -0.2) is 9.78 Å². The van der Waals surface area contributed by atoms with Crippen LogP contribution in [0.2, 0.25) is 0 Å². The SMILES string of the molecule is CCC(=O)OCCCOc1cccc(-c2c(NC(=O)OC)c(=O)n(CC)c3ncccc23)c1. The Hall–Kier alpha value is -3.88. The molecule has 0 spiro atoms. The van der Waals surface area contributed by atoms with Gasteiger partial charge in [-0.2, -0.15) is 0 Å². The van der Waals surface area contributed by atoms with Crippen molar-refractivity contribution in [2.24, 2.45) is 0 Å². The number of aryl methyl sites for hydroxylation is 1. The molecule has 0 atom stereocenters. The van der Waals surface area contributed by atoms with Crippen molar-refractivity contribution in [3.63, 3.8) is 0 Å². The van der Waals surface area contributed by atoms with E-state index in [1.807, 2.05) is 19.1 Å². The number of carbonyl (C=O) groups is 2. The van der Waals surface area contributed by atoms with E-state index >= 15 is 0 Å². The molecule has 0 saturated carbocycles. The fourth-order valence-electron chi connectivity index (χ4n) is 3.42. The molecule has 0 fully saturated rings. The number of nitrogens with zero attached hydrogens (tertiary/aromatic N) is 2. The summed E-state index contributed by atoms with van der Waals surface area (Å²) in [6.45, 7) is 4.60. The summed E-state index contributed by atoms with van der Waals surface area (Å²) in [6, 6.07) is 10.8. The van der Waals surface area contributed by atoms with Crippen molar-refractivity contribution in [2.45, 2.75) is 33.2 Å². The molecule has 0 aliphatic rings. The van der Waals surface area contributed by atoms with Crippen molar-refractivity contribution in [3.8, 4) is 16.9 Å². The summed E-state index contributed by atoms with van der Waals surface area (Å²) >= 11 is 0. The fraction of sp³-hybridized carbons (Fsp3) is 0.333. The number of hydrogen-bond donors (Lipinski definition) is 1. The third-order valence-corrected chi connectivity index (χ3v) is 4.98. The Kier molecular flexibility index (Phi) is 8.01. The molecular formula is C24H27N3O6. The Balaban J connectivity index is 2.00. The number of methoxy groups -OCH3 is 1. The number of benzene rings is 1. The summed E-state index contributed by atoms with van der Waals surface area (Å²) in [5.74, 6) is 0.333. The van der Waals surface area contributed by atoms with Crippen molar-refractivity contribution < 1.29 is 23.8 Å². The summed E-state index contributed by atoms with van der Waals surface area (Å²) in [7, 11) is 1.24. The molecule has 9 nitrogen and oxygen atoms in total. The van der Waals surface area contributed by atoms with Gasteiger partial charge in [0, 0.05) is 36.5 Å². The van der Waals surface area contributed by atoms with Gasteiger partial charge in [0.2, 0.25) is 0 Å². The molecule has 174 valence electrons. The van der Waals surface area contributed by atoms with Gasteiger partial charge in [-0.3, -0.25) is 19.5 Å². The molecular weight excluding hydrogens is 426 g/mol. The van der Waals surface area contributed by atoms with Crippen LogP contribution < -0.4 is 15.6 Å². The van der Waals surface area contributed by atoms with Gasteiger partial charge in [0.15, 0.2) is 0 Å². The van der Waals surface area contributed by atoms with Crippen molar-refractivity contribution in [1.82, 2.24) is 9.55 Å². The predicted molar refractivity (Wildman–Crippen MR) is 125 cm³/mol. The molecule has 2 heterocycles. The second-order valence-electron chi connectivity index (χ2n) is 7.09. The van der Waals surface area contributed by atoms with Gasteiger partial charge in [0.1, 0.15) is 17.1 Å². The van der Waals surface area contributed by atoms with Gasteiger partial charge in [-0.05, 0) is 36.8 Å². The van der Waals surface area contributed by atoms with Crippen LogP contribution >= 0.6 is 0 Å². The van der Waals surface area contributed by atoms with E-state index in [4.69, 9.17) is 14.2 Å². The lowest BCUT2D eigenvalue weighted by atomic mass is 10.00. The van der Waals surface area contributed by atoms with E-state index in [0.717, 1.165) is 0 Å². The van der Waals surface area contributed by atoms with Crippen molar-refractivity contribution in [2.75, 3.05) is 25.6 Å². The lowest BCUT2D eigenvalue weighted by Gasteiger charge is -2.17. The van der Waals surface area contributed by atoms with Crippen LogP contribution in [0, 0.1) is 0 Å². The Morgan fingerprint density at radius 2 is 1.94 bits per heavy atom. The molecule has 1 N–H and O–H groups in total. The van der Waals surface area contributed by atoms with E-state index in [1.165, 1.54) is 11.7 Å². The number of fused-ring (bicyclic) bond motifs is 1. The van der Waals surface area contributed by atoms with E-state index < -0.39 is 6.09 Å². The predicted octanol–water partition coefficient (Wildman–Crippen LogP) is 3.98. The highest BCUT2D eigenvalue weighted by molar-refractivity contribution is 6.03. The first-order chi connectivity index (χ1) is 16.0. The average Bonchev–Trinajstić information content (AvgIpc) is 2.84.